The lowest BCUT2D eigenvalue weighted by atomic mass is 10.2. The first kappa shape index (κ1) is 15.0. The first-order valence-electron chi connectivity index (χ1n) is 6.43. The van der Waals surface area contributed by atoms with E-state index in [1.165, 1.54) is 4.90 Å². The van der Waals surface area contributed by atoms with Gasteiger partial charge in [-0.2, -0.15) is 0 Å². The van der Waals surface area contributed by atoms with Crippen molar-refractivity contribution < 1.29 is 4.79 Å². The van der Waals surface area contributed by atoms with Crippen LogP contribution in [0.5, 0.6) is 0 Å². The van der Waals surface area contributed by atoms with Crippen LogP contribution in [0.3, 0.4) is 0 Å². The maximum atomic E-state index is 12.5. The van der Waals surface area contributed by atoms with Crippen LogP contribution in [0.25, 0.3) is 6.08 Å². The topological polar surface area (TPSA) is 32.3 Å². The van der Waals surface area contributed by atoms with Gasteiger partial charge in [0, 0.05) is 10.0 Å². The number of hydrogen-bond acceptors (Lipinski definition) is 2. The molecule has 1 aliphatic rings. The van der Waals surface area contributed by atoms with Crippen molar-refractivity contribution in [2.24, 2.45) is 0 Å². The molecule has 0 bridgehead atoms. The maximum absolute atomic E-state index is 12.5. The number of amides is 1. The zero-order valence-corrected chi connectivity index (χ0v) is 13.5. The summed E-state index contributed by atoms with van der Waals surface area (Å²) < 4.78 is 0. The van der Waals surface area contributed by atoms with Crippen LogP contribution in [0.1, 0.15) is 5.56 Å². The minimum absolute atomic E-state index is 0.220. The molecule has 0 aliphatic carbocycles. The molecule has 0 radical (unpaired) electrons. The lowest BCUT2D eigenvalue weighted by Crippen LogP contribution is -2.30. The van der Waals surface area contributed by atoms with E-state index < -0.39 is 0 Å². The molecule has 1 heterocycles. The minimum Gasteiger partial charge on any atom is -0.327 e. The molecule has 0 unspecified atom stereocenters. The molecular weight excluding hydrogens is 339 g/mol. The number of hydrogen-bond donors (Lipinski definition) is 1. The molecule has 0 spiro atoms. The number of carbonyl (C=O) groups is 1. The van der Waals surface area contributed by atoms with Crippen LogP contribution in [0.15, 0.2) is 54.2 Å². The SMILES string of the molecule is O=C1/C(=C\c2ccc(Cl)cc2Cl)NC(=S)N1c1ccccc1. The van der Waals surface area contributed by atoms with Crippen molar-refractivity contribution in [2.45, 2.75) is 0 Å². The quantitative estimate of drug-likeness (QED) is 0.650. The largest absolute Gasteiger partial charge is 0.327 e. The van der Waals surface area contributed by atoms with Crippen LogP contribution in [-0.4, -0.2) is 11.0 Å². The summed E-state index contributed by atoms with van der Waals surface area (Å²) >= 11 is 17.2. The Morgan fingerprint density at radius 3 is 2.50 bits per heavy atom. The minimum atomic E-state index is -0.220. The van der Waals surface area contributed by atoms with E-state index in [2.05, 4.69) is 5.32 Å². The van der Waals surface area contributed by atoms with Gasteiger partial charge in [0.2, 0.25) is 0 Å². The predicted octanol–water partition coefficient (Wildman–Crippen LogP) is 4.26. The molecule has 22 heavy (non-hydrogen) atoms. The lowest BCUT2D eigenvalue weighted by molar-refractivity contribution is -0.113. The third-order valence-electron chi connectivity index (χ3n) is 3.15. The van der Waals surface area contributed by atoms with E-state index in [1.54, 1.807) is 24.3 Å². The van der Waals surface area contributed by atoms with E-state index in [9.17, 15) is 4.79 Å². The molecule has 6 heteroatoms. The molecule has 3 nitrogen and oxygen atoms in total. The number of nitrogens with zero attached hydrogens (tertiary/aromatic N) is 1. The molecular formula is C16H10Cl2N2OS. The van der Waals surface area contributed by atoms with E-state index in [0.717, 1.165) is 5.69 Å². The van der Waals surface area contributed by atoms with Crippen molar-refractivity contribution >= 4 is 58.2 Å². The molecule has 2 aromatic rings. The molecule has 2 aromatic carbocycles. The molecule has 0 atom stereocenters. The summed E-state index contributed by atoms with van der Waals surface area (Å²) in [6, 6.07) is 14.3. The van der Waals surface area contributed by atoms with E-state index in [1.807, 2.05) is 30.3 Å². The van der Waals surface area contributed by atoms with Crippen molar-refractivity contribution in [3.8, 4) is 0 Å². The third kappa shape index (κ3) is 2.86. The molecule has 1 aliphatic heterocycles. The van der Waals surface area contributed by atoms with Crippen molar-refractivity contribution in [1.29, 1.82) is 0 Å². The number of rotatable bonds is 2. The molecule has 3 rings (SSSR count). The number of benzene rings is 2. The first-order chi connectivity index (χ1) is 10.6. The van der Waals surface area contributed by atoms with Crippen molar-refractivity contribution in [1.82, 2.24) is 5.32 Å². The Morgan fingerprint density at radius 2 is 1.82 bits per heavy atom. The average Bonchev–Trinajstić information content (AvgIpc) is 2.77. The normalized spacial score (nSPS) is 16.3. The number of halogens is 2. The van der Waals surface area contributed by atoms with Crippen LogP contribution >= 0.6 is 35.4 Å². The summed E-state index contributed by atoms with van der Waals surface area (Å²) in [5, 5.41) is 4.27. The summed E-state index contributed by atoms with van der Waals surface area (Å²) in [6.45, 7) is 0. The van der Waals surface area contributed by atoms with Crippen molar-refractivity contribution in [3.05, 3.63) is 69.8 Å². The van der Waals surface area contributed by atoms with Crippen molar-refractivity contribution in [2.75, 3.05) is 4.90 Å². The molecule has 1 fully saturated rings. The van der Waals surface area contributed by atoms with Gasteiger partial charge in [-0.1, -0.05) is 47.5 Å². The molecule has 1 saturated heterocycles. The Bertz CT molecular complexity index is 790. The van der Waals surface area contributed by atoms with Crippen LogP contribution in [0.2, 0.25) is 10.0 Å². The lowest BCUT2D eigenvalue weighted by Gasteiger charge is -2.13. The maximum Gasteiger partial charge on any atom is 0.281 e. The Balaban J connectivity index is 1.96. The Labute approximate surface area is 143 Å². The fraction of sp³-hybridized carbons (Fsp3) is 0. The highest BCUT2D eigenvalue weighted by Gasteiger charge is 2.31. The standard InChI is InChI=1S/C16H10Cl2N2OS/c17-11-7-6-10(13(18)9-11)8-14-15(21)20(16(22)19-14)12-4-2-1-3-5-12/h1-9H,(H,19,22)/b14-8+. The summed E-state index contributed by atoms with van der Waals surface area (Å²) in [7, 11) is 0. The molecule has 110 valence electrons. The van der Waals surface area contributed by atoms with Crippen LogP contribution in [0.4, 0.5) is 5.69 Å². The van der Waals surface area contributed by atoms with E-state index in [4.69, 9.17) is 35.4 Å². The zero-order chi connectivity index (χ0) is 15.7. The highest BCUT2D eigenvalue weighted by molar-refractivity contribution is 7.80. The van der Waals surface area contributed by atoms with Crippen LogP contribution in [-0.2, 0) is 4.79 Å². The Morgan fingerprint density at radius 1 is 1.09 bits per heavy atom. The fourth-order valence-corrected chi connectivity index (χ4v) is 2.88. The second-order valence-electron chi connectivity index (χ2n) is 4.63. The van der Waals surface area contributed by atoms with E-state index in [-0.39, 0.29) is 5.91 Å². The highest BCUT2D eigenvalue weighted by Crippen LogP contribution is 2.26. The zero-order valence-electron chi connectivity index (χ0n) is 11.2. The van der Waals surface area contributed by atoms with Gasteiger partial charge in [-0.25, -0.2) is 0 Å². The molecule has 1 N–H and O–H groups in total. The van der Waals surface area contributed by atoms with Gasteiger partial charge < -0.3 is 5.32 Å². The van der Waals surface area contributed by atoms with Crippen LogP contribution < -0.4 is 10.2 Å². The van der Waals surface area contributed by atoms with E-state index >= 15 is 0 Å². The fourth-order valence-electron chi connectivity index (χ4n) is 2.12. The second-order valence-corrected chi connectivity index (χ2v) is 5.86. The van der Waals surface area contributed by atoms with Gasteiger partial charge in [-0.15, -0.1) is 0 Å². The van der Waals surface area contributed by atoms with Gasteiger partial charge in [0.05, 0.1) is 5.69 Å². The predicted molar refractivity (Wildman–Crippen MR) is 94.1 cm³/mol. The number of carbonyl (C=O) groups excluding carboxylic acids is 1. The van der Waals surface area contributed by atoms with Crippen molar-refractivity contribution in [3.63, 3.8) is 0 Å². The Hall–Kier alpha value is -1.88. The van der Waals surface area contributed by atoms with Crippen LogP contribution in [0, 0.1) is 0 Å². The second kappa shape index (κ2) is 6.08. The summed E-state index contributed by atoms with van der Waals surface area (Å²) in [6.07, 6.45) is 1.66. The first-order valence-corrected chi connectivity index (χ1v) is 7.60. The highest BCUT2D eigenvalue weighted by atomic mass is 35.5. The molecule has 0 saturated carbocycles. The average molecular weight is 349 g/mol. The summed E-state index contributed by atoms with van der Waals surface area (Å²) in [4.78, 5) is 14.0. The van der Waals surface area contributed by atoms with Gasteiger partial charge in [0.1, 0.15) is 5.70 Å². The molecule has 0 aromatic heterocycles. The Kier molecular flexibility index (Phi) is 4.16. The smallest absolute Gasteiger partial charge is 0.281 e. The van der Waals surface area contributed by atoms with E-state index in [0.29, 0.717) is 26.4 Å². The number of thiocarbonyl (C=S) groups is 1. The van der Waals surface area contributed by atoms with Gasteiger partial charge in [-0.05, 0) is 48.1 Å². The van der Waals surface area contributed by atoms with Gasteiger partial charge >= 0.3 is 0 Å². The third-order valence-corrected chi connectivity index (χ3v) is 4.00. The summed E-state index contributed by atoms with van der Waals surface area (Å²) in [5.41, 5.74) is 1.79. The molecule has 1 amide bonds. The number of nitrogens with one attached hydrogen (secondary N) is 1. The van der Waals surface area contributed by atoms with Gasteiger partial charge in [0.15, 0.2) is 5.11 Å². The number of anilines is 1. The number of para-hydroxylation sites is 1. The van der Waals surface area contributed by atoms with Gasteiger partial charge in [-0.3, -0.25) is 9.69 Å². The summed E-state index contributed by atoms with van der Waals surface area (Å²) in [5.74, 6) is -0.220. The van der Waals surface area contributed by atoms with Gasteiger partial charge in [0.25, 0.3) is 5.91 Å². The monoisotopic (exact) mass is 348 g/mol.